The molecule has 0 aliphatic carbocycles. The Balaban J connectivity index is 2.10. The number of aromatic nitrogens is 1. The topological polar surface area (TPSA) is 34.1 Å². The Morgan fingerprint density at radius 1 is 1.29 bits per heavy atom. The minimum atomic E-state index is -0.0317. The number of pyridine rings is 1. The molecular formula is C14H15N2O. The third-order valence-electron chi connectivity index (χ3n) is 2.50. The average molecular weight is 227 g/mol. The van der Waals surface area contributed by atoms with E-state index in [0.717, 1.165) is 17.0 Å². The summed E-state index contributed by atoms with van der Waals surface area (Å²) in [5.41, 5.74) is 2.03. The highest BCUT2D eigenvalue weighted by molar-refractivity contribution is 5.50. The molecule has 1 radical (unpaired) electrons. The molecule has 3 heteroatoms. The zero-order valence-corrected chi connectivity index (χ0v) is 9.76. The van der Waals surface area contributed by atoms with Crippen LogP contribution >= 0.6 is 0 Å². The zero-order chi connectivity index (χ0) is 12.1. The van der Waals surface area contributed by atoms with E-state index < -0.39 is 0 Å². The number of hydrogen-bond donors (Lipinski definition) is 1. The molecular weight excluding hydrogens is 212 g/mol. The lowest BCUT2D eigenvalue weighted by Gasteiger charge is -2.15. The predicted octanol–water partition coefficient (Wildman–Crippen LogP) is 3.08. The molecule has 0 amide bonds. The minimum Gasteiger partial charge on any atom is -0.497 e. The molecule has 0 saturated carbocycles. The van der Waals surface area contributed by atoms with E-state index in [-0.39, 0.29) is 6.04 Å². The van der Waals surface area contributed by atoms with Gasteiger partial charge in [-0.05, 0) is 30.7 Å². The molecule has 1 N–H and O–H groups in total. The SMILES string of the molecule is [CH2]C(Nc1cccc(OC)c1)c1cccnc1. The first kappa shape index (κ1) is 11.5. The van der Waals surface area contributed by atoms with Crippen LogP contribution in [0, 0.1) is 6.92 Å². The van der Waals surface area contributed by atoms with Gasteiger partial charge in [0, 0.05) is 24.1 Å². The molecule has 1 aromatic carbocycles. The zero-order valence-electron chi connectivity index (χ0n) is 9.76. The molecule has 0 bridgehead atoms. The summed E-state index contributed by atoms with van der Waals surface area (Å²) in [6.45, 7) is 4.07. The third-order valence-corrected chi connectivity index (χ3v) is 2.50. The van der Waals surface area contributed by atoms with Gasteiger partial charge in [0.25, 0.3) is 0 Å². The number of methoxy groups -OCH3 is 1. The van der Waals surface area contributed by atoms with Crippen molar-refractivity contribution in [3.05, 3.63) is 61.3 Å². The van der Waals surface area contributed by atoms with Crippen LogP contribution in [-0.4, -0.2) is 12.1 Å². The molecule has 0 aliphatic rings. The molecule has 0 spiro atoms. The highest BCUT2D eigenvalue weighted by Gasteiger charge is 2.05. The molecule has 0 fully saturated rings. The van der Waals surface area contributed by atoms with E-state index in [1.165, 1.54) is 0 Å². The molecule has 0 aliphatic heterocycles. The van der Waals surface area contributed by atoms with Crippen LogP contribution < -0.4 is 10.1 Å². The van der Waals surface area contributed by atoms with Gasteiger partial charge >= 0.3 is 0 Å². The summed E-state index contributed by atoms with van der Waals surface area (Å²) in [4.78, 5) is 4.08. The fourth-order valence-corrected chi connectivity index (χ4v) is 1.58. The van der Waals surface area contributed by atoms with E-state index in [2.05, 4.69) is 17.2 Å². The summed E-state index contributed by atoms with van der Waals surface area (Å²) in [6.07, 6.45) is 3.56. The summed E-state index contributed by atoms with van der Waals surface area (Å²) < 4.78 is 5.17. The Labute approximate surface area is 101 Å². The molecule has 2 rings (SSSR count). The summed E-state index contributed by atoms with van der Waals surface area (Å²) >= 11 is 0. The van der Waals surface area contributed by atoms with Crippen LogP contribution in [-0.2, 0) is 0 Å². The van der Waals surface area contributed by atoms with Gasteiger partial charge in [0.2, 0.25) is 0 Å². The van der Waals surface area contributed by atoms with E-state index in [0.29, 0.717) is 0 Å². The number of ether oxygens (including phenoxy) is 1. The molecule has 87 valence electrons. The van der Waals surface area contributed by atoms with Crippen molar-refractivity contribution in [2.24, 2.45) is 0 Å². The maximum atomic E-state index is 5.17. The van der Waals surface area contributed by atoms with Gasteiger partial charge in [-0.3, -0.25) is 4.98 Å². The first-order chi connectivity index (χ1) is 8.29. The van der Waals surface area contributed by atoms with Crippen molar-refractivity contribution in [2.75, 3.05) is 12.4 Å². The third kappa shape index (κ3) is 2.97. The first-order valence-corrected chi connectivity index (χ1v) is 5.43. The number of nitrogens with one attached hydrogen (secondary N) is 1. The molecule has 1 unspecified atom stereocenters. The molecule has 17 heavy (non-hydrogen) atoms. The van der Waals surface area contributed by atoms with Crippen LogP contribution in [0.5, 0.6) is 5.75 Å². The maximum Gasteiger partial charge on any atom is 0.120 e. The second-order valence-electron chi connectivity index (χ2n) is 3.72. The van der Waals surface area contributed by atoms with Crippen LogP contribution in [0.15, 0.2) is 48.8 Å². The van der Waals surface area contributed by atoms with Gasteiger partial charge in [0.1, 0.15) is 5.75 Å². The Kier molecular flexibility index (Phi) is 3.60. The lowest BCUT2D eigenvalue weighted by atomic mass is 10.1. The Morgan fingerprint density at radius 3 is 2.88 bits per heavy atom. The predicted molar refractivity (Wildman–Crippen MR) is 69.0 cm³/mol. The molecule has 1 heterocycles. The summed E-state index contributed by atoms with van der Waals surface area (Å²) in [7, 11) is 1.65. The number of hydrogen-bond acceptors (Lipinski definition) is 3. The lowest BCUT2D eigenvalue weighted by molar-refractivity contribution is 0.415. The van der Waals surface area contributed by atoms with Crippen LogP contribution in [0.4, 0.5) is 5.69 Å². The fraction of sp³-hybridized carbons (Fsp3) is 0.143. The number of rotatable bonds is 4. The van der Waals surface area contributed by atoms with E-state index in [9.17, 15) is 0 Å². The number of benzene rings is 1. The van der Waals surface area contributed by atoms with Crippen LogP contribution in [0.2, 0.25) is 0 Å². The maximum absolute atomic E-state index is 5.17. The van der Waals surface area contributed by atoms with Crippen molar-refractivity contribution < 1.29 is 4.74 Å². The quantitative estimate of drug-likeness (QED) is 0.871. The highest BCUT2D eigenvalue weighted by atomic mass is 16.5. The number of nitrogens with zero attached hydrogens (tertiary/aromatic N) is 1. The van der Waals surface area contributed by atoms with Crippen LogP contribution in [0.1, 0.15) is 11.6 Å². The Bertz CT molecular complexity index is 471. The normalized spacial score (nSPS) is 11.9. The first-order valence-electron chi connectivity index (χ1n) is 5.43. The van der Waals surface area contributed by atoms with E-state index in [1.54, 1.807) is 13.3 Å². The molecule has 0 saturated heterocycles. The van der Waals surface area contributed by atoms with Crippen molar-refractivity contribution in [1.29, 1.82) is 0 Å². The largest absolute Gasteiger partial charge is 0.497 e. The van der Waals surface area contributed by atoms with Crippen molar-refractivity contribution in [1.82, 2.24) is 4.98 Å². The summed E-state index contributed by atoms with van der Waals surface area (Å²) in [5.74, 6) is 0.827. The lowest BCUT2D eigenvalue weighted by Crippen LogP contribution is -2.07. The van der Waals surface area contributed by atoms with Crippen molar-refractivity contribution in [2.45, 2.75) is 6.04 Å². The smallest absolute Gasteiger partial charge is 0.120 e. The van der Waals surface area contributed by atoms with Gasteiger partial charge in [-0.2, -0.15) is 0 Å². The minimum absolute atomic E-state index is 0.0317. The monoisotopic (exact) mass is 227 g/mol. The van der Waals surface area contributed by atoms with Gasteiger partial charge in [-0.1, -0.05) is 12.1 Å². The van der Waals surface area contributed by atoms with Gasteiger partial charge < -0.3 is 10.1 Å². The van der Waals surface area contributed by atoms with Crippen LogP contribution in [0.25, 0.3) is 0 Å². The summed E-state index contributed by atoms with van der Waals surface area (Å²) in [5, 5.41) is 3.30. The van der Waals surface area contributed by atoms with Gasteiger partial charge in [-0.15, -0.1) is 0 Å². The standard InChI is InChI=1S/C14H15N2O/c1-11(12-5-4-8-15-10-12)16-13-6-3-7-14(9-13)17-2/h3-11,16H,1H2,2H3. The van der Waals surface area contributed by atoms with Crippen molar-refractivity contribution in [3.8, 4) is 5.75 Å². The van der Waals surface area contributed by atoms with Crippen molar-refractivity contribution >= 4 is 5.69 Å². The Hall–Kier alpha value is -2.03. The second kappa shape index (κ2) is 5.34. The second-order valence-corrected chi connectivity index (χ2v) is 3.72. The molecule has 1 atom stereocenters. The molecule has 2 aromatic rings. The van der Waals surface area contributed by atoms with Gasteiger partial charge in [0.15, 0.2) is 0 Å². The van der Waals surface area contributed by atoms with E-state index >= 15 is 0 Å². The molecule has 3 nitrogen and oxygen atoms in total. The Morgan fingerprint density at radius 2 is 2.18 bits per heavy atom. The van der Waals surface area contributed by atoms with Gasteiger partial charge in [0.05, 0.1) is 13.2 Å². The van der Waals surface area contributed by atoms with Crippen LogP contribution in [0.3, 0.4) is 0 Å². The molecule has 1 aromatic heterocycles. The average Bonchev–Trinajstić information content (AvgIpc) is 2.40. The highest BCUT2D eigenvalue weighted by Crippen LogP contribution is 2.21. The van der Waals surface area contributed by atoms with E-state index in [1.807, 2.05) is 42.6 Å². The van der Waals surface area contributed by atoms with E-state index in [4.69, 9.17) is 4.74 Å². The number of anilines is 1. The van der Waals surface area contributed by atoms with Gasteiger partial charge in [-0.25, -0.2) is 0 Å². The fourth-order valence-electron chi connectivity index (χ4n) is 1.58. The summed E-state index contributed by atoms with van der Waals surface area (Å²) in [6, 6.07) is 11.6. The van der Waals surface area contributed by atoms with Crippen molar-refractivity contribution in [3.63, 3.8) is 0 Å².